The summed E-state index contributed by atoms with van der Waals surface area (Å²) < 4.78 is 133. The highest BCUT2D eigenvalue weighted by Gasteiger charge is 2.37. The van der Waals surface area contributed by atoms with E-state index in [1.54, 1.807) is 0 Å². The topological polar surface area (TPSA) is 84.8 Å². The summed E-state index contributed by atoms with van der Waals surface area (Å²) in [6, 6.07) is 3.68. The number of rotatable bonds is 15. The van der Waals surface area contributed by atoms with E-state index in [9.17, 15) is 44.3 Å². The summed E-state index contributed by atoms with van der Waals surface area (Å²) in [6.07, 6.45) is -10.6. The van der Waals surface area contributed by atoms with E-state index in [0.717, 1.165) is 48.3 Å². The number of carbonyl (C=O) groups is 1. The zero-order chi connectivity index (χ0) is 34.1. The second-order valence-corrected chi connectivity index (χ2v) is 10.2. The Morgan fingerprint density at radius 3 is 1.89 bits per heavy atom. The third-order valence-electron chi connectivity index (χ3n) is 6.48. The van der Waals surface area contributed by atoms with Gasteiger partial charge < -0.3 is 19.5 Å². The van der Waals surface area contributed by atoms with Crippen molar-refractivity contribution in [3.8, 4) is 11.5 Å². The van der Waals surface area contributed by atoms with Gasteiger partial charge in [0, 0.05) is 25.1 Å². The van der Waals surface area contributed by atoms with Crippen molar-refractivity contribution in [1.82, 2.24) is 9.97 Å². The number of hydrogen-bond donors (Lipinski definition) is 1. The molecular formula is C30H30F9N3O4. The normalized spacial score (nSPS) is 12.2. The molecule has 0 spiro atoms. The fourth-order valence-electron chi connectivity index (χ4n) is 4.25. The van der Waals surface area contributed by atoms with Crippen molar-refractivity contribution in [2.24, 2.45) is 0 Å². The number of aliphatic carboxylic acids is 1. The Hall–Kier alpha value is -4.24. The van der Waals surface area contributed by atoms with Crippen molar-refractivity contribution >= 4 is 11.9 Å². The van der Waals surface area contributed by atoms with E-state index in [-0.39, 0.29) is 55.1 Å². The molecule has 7 nitrogen and oxygen atoms in total. The van der Waals surface area contributed by atoms with Gasteiger partial charge in [0.1, 0.15) is 5.75 Å². The molecular weight excluding hydrogens is 637 g/mol. The Morgan fingerprint density at radius 2 is 1.35 bits per heavy atom. The minimum absolute atomic E-state index is 0.0217. The lowest BCUT2D eigenvalue weighted by Crippen LogP contribution is -2.25. The van der Waals surface area contributed by atoms with Crippen LogP contribution < -0.4 is 14.4 Å². The van der Waals surface area contributed by atoms with E-state index in [2.05, 4.69) is 9.97 Å². The van der Waals surface area contributed by atoms with Crippen LogP contribution in [0.4, 0.5) is 45.5 Å². The van der Waals surface area contributed by atoms with Crippen LogP contribution in [-0.2, 0) is 36.4 Å². The Kier molecular flexibility index (Phi) is 12.1. The van der Waals surface area contributed by atoms with Crippen LogP contribution >= 0.6 is 0 Å². The fraction of sp³-hybridized carbons (Fsp3) is 0.433. The summed E-state index contributed by atoms with van der Waals surface area (Å²) in [5, 5.41) is 8.74. The second-order valence-electron chi connectivity index (χ2n) is 10.2. The van der Waals surface area contributed by atoms with Crippen molar-refractivity contribution in [2.45, 2.75) is 70.6 Å². The van der Waals surface area contributed by atoms with Crippen molar-refractivity contribution in [1.29, 1.82) is 0 Å². The number of alkyl halides is 9. The summed E-state index contributed by atoms with van der Waals surface area (Å²) in [5.41, 5.74) is -4.71. The summed E-state index contributed by atoms with van der Waals surface area (Å²) in [4.78, 5) is 20.0. The maximum absolute atomic E-state index is 13.6. The van der Waals surface area contributed by atoms with Gasteiger partial charge >= 0.3 is 24.5 Å². The van der Waals surface area contributed by atoms with Crippen LogP contribution in [0.5, 0.6) is 11.5 Å². The molecule has 3 aromatic rings. The first-order valence-corrected chi connectivity index (χ1v) is 14.0. The maximum atomic E-state index is 13.6. The van der Waals surface area contributed by atoms with Crippen LogP contribution in [0, 0.1) is 0 Å². The predicted octanol–water partition coefficient (Wildman–Crippen LogP) is 8.55. The smallest absolute Gasteiger partial charge is 0.416 e. The Morgan fingerprint density at radius 1 is 0.761 bits per heavy atom. The Bertz CT molecular complexity index is 1410. The molecule has 0 aliphatic heterocycles. The van der Waals surface area contributed by atoms with Crippen LogP contribution in [0.2, 0.25) is 0 Å². The van der Waals surface area contributed by atoms with Gasteiger partial charge in [-0.25, -0.2) is 9.97 Å². The Labute approximate surface area is 258 Å². The third kappa shape index (κ3) is 11.0. The highest BCUT2D eigenvalue weighted by Crippen LogP contribution is 2.38. The molecule has 0 atom stereocenters. The summed E-state index contributed by atoms with van der Waals surface area (Å²) in [6.45, 7) is 0.901. The molecule has 0 fully saturated rings. The number of unbranched alkanes of at least 4 members (excludes halogenated alkanes) is 2. The molecule has 1 heterocycles. The largest absolute Gasteiger partial charge is 0.493 e. The average Bonchev–Trinajstić information content (AvgIpc) is 2.96. The zero-order valence-corrected chi connectivity index (χ0v) is 24.4. The second kappa shape index (κ2) is 15.4. The summed E-state index contributed by atoms with van der Waals surface area (Å²) in [5.74, 6) is -1.19. The summed E-state index contributed by atoms with van der Waals surface area (Å²) >= 11 is 0. The molecule has 3 rings (SSSR count). The molecule has 0 aliphatic carbocycles. The molecule has 1 aromatic heterocycles. The van der Waals surface area contributed by atoms with E-state index >= 15 is 0 Å². The van der Waals surface area contributed by atoms with Crippen molar-refractivity contribution in [2.75, 3.05) is 18.1 Å². The molecule has 46 heavy (non-hydrogen) atoms. The number of hydrogen-bond acceptors (Lipinski definition) is 6. The molecule has 2 aromatic carbocycles. The molecule has 0 saturated carbocycles. The maximum Gasteiger partial charge on any atom is 0.416 e. The van der Waals surface area contributed by atoms with Gasteiger partial charge in [0.2, 0.25) is 5.95 Å². The van der Waals surface area contributed by atoms with Crippen LogP contribution in [0.25, 0.3) is 0 Å². The van der Waals surface area contributed by atoms with E-state index < -0.39 is 59.8 Å². The average molecular weight is 668 g/mol. The number of anilines is 1. The van der Waals surface area contributed by atoms with Crippen LogP contribution in [0.15, 0.2) is 48.8 Å². The number of carboxylic acid groups (broad SMARTS) is 1. The van der Waals surface area contributed by atoms with Crippen molar-refractivity contribution in [3.05, 3.63) is 76.6 Å². The molecule has 0 amide bonds. The number of aromatic nitrogens is 2. The van der Waals surface area contributed by atoms with Crippen LogP contribution in [-0.4, -0.2) is 34.3 Å². The summed E-state index contributed by atoms with van der Waals surface area (Å²) in [7, 11) is 0. The zero-order valence-electron chi connectivity index (χ0n) is 24.4. The van der Waals surface area contributed by atoms with Gasteiger partial charge in [0.15, 0.2) is 5.75 Å². The molecule has 0 bridgehead atoms. The first kappa shape index (κ1) is 36.2. The number of halogens is 9. The van der Waals surface area contributed by atoms with Gasteiger partial charge in [0.05, 0.1) is 42.3 Å². The molecule has 0 unspecified atom stereocenters. The third-order valence-corrected chi connectivity index (χ3v) is 6.48. The first-order valence-electron chi connectivity index (χ1n) is 14.0. The van der Waals surface area contributed by atoms with Gasteiger partial charge in [-0.2, -0.15) is 39.5 Å². The van der Waals surface area contributed by atoms with Gasteiger partial charge in [-0.05, 0) is 54.8 Å². The quantitative estimate of drug-likeness (QED) is 0.128. The first-order chi connectivity index (χ1) is 21.5. The van der Waals surface area contributed by atoms with Crippen LogP contribution in [0.1, 0.15) is 66.8 Å². The molecule has 0 radical (unpaired) electrons. The number of carboxylic acids is 1. The highest BCUT2D eigenvalue weighted by atomic mass is 19.4. The van der Waals surface area contributed by atoms with Crippen molar-refractivity contribution in [3.63, 3.8) is 0 Å². The lowest BCUT2D eigenvalue weighted by molar-refractivity contribution is -0.143. The minimum Gasteiger partial charge on any atom is -0.493 e. The van der Waals surface area contributed by atoms with Crippen LogP contribution in [0.3, 0.4) is 0 Å². The minimum atomic E-state index is -5.13. The van der Waals surface area contributed by atoms with E-state index in [0.29, 0.717) is 18.6 Å². The standard InChI is InChI=1S/C30H30F9N3O4/c1-2-3-4-9-46-25-8-7-21(28(31,32)33)13-20(25)18-42(27-40-15-24(16-41-27)45-10-5-6-26(43)44)17-19-11-22(29(34,35)36)14-23(12-19)30(37,38)39/h7-8,11-16H,2-6,9-10,17-18H2,1H3,(H,43,44). The van der Waals surface area contributed by atoms with E-state index in [1.165, 1.54) is 0 Å². The highest BCUT2D eigenvalue weighted by molar-refractivity contribution is 5.66. The van der Waals surface area contributed by atoms with Gasteiger partial charge in [-0.1, -0.05) is 19.8 Å². The monoisotopic (exact) mass is 667 g/mol. The number of ether oxygens (including phenoxy) is 2. The van der Waals surface area contributed by atoms with E-state index in [4.69, 9.17) is 14.6 Å². The van der Waals surface area contributed by atoms with Gasteiger partial charge in [-0.15, -0.1) is 0 Å². The predicted molar refractivity (Wildman–Crippen MR) is 147 cm³/mol. The van der Waals surface area contributed by atoms with E-state index in [1.807, 2.05) is 6.92 Å². The van der Waals surface area contributed by atoms with Crippen molar-refractivity contribution < 1.29 is 58.9 Å². The van der Waals surface area contributed by atoms with Gasteiger partial charge in [0.25, 0.3) is 0 Å². The SMILES string of the molecule is CCCCCOc1ccc(C(F)(F)F)cc1CN(Cc1cc(C(F)(F)F)cc(C(F)(F)F)c1)c1ncc(OCCCC(=O)O)cn1. The lowest BCUT2D eigenvalue weighted by atomic mass is 10.0. The molecule has 0 saturated heterocycles. The molecule has 252 valence electrons. The molecule has 16 heteroatoms. The number of benzene rings is 2. The molecule has 1 N–H and O–H groups in total. The number of nitrogens with zero attached hydrogens (tertiary/aromatic N) is 3. The fourth-order valence-corrected chi connectivity index (χ4v) is 4.25. The Balaban J connectivity index is 2.05. The molecule has 0 aliphatic rings. The van der Waals surface area contributed by atoms with Gasteiger partial charge in [-0.3, -0.25) is 4.79 Å². The lowest BCUT2D eigenvalue weighted by Gasteiger charge is -2.25.